The van der Waals surface area contributed by atoms with E-state index in [4.69, 9.17) is 16.3 Å². The van der Waals surface area contributed by atoms with Gasteiger partial charge < -0.3 is 10.1 Å². The van der Waals surface area contributed by atoms with Crippen molar-refractivity contribution in [1.82, 2.24) is 15.0 Å². The number of nitrogens with one attached hydrogen (secondary N) is 1. The normalized spacial score (nSPS) is 11.2. The van der Waals surface area contributed by atoms with Crippen molar-refractivity contribution < 1.29 is 27.5 Å². The number of halogens is 4. The number of carbonyl (C=O) groups is 2. The van der Waals surface area contributed by atoms with Crippen LogP contribution in [-0.2, 0) is 15.7 Å². The second kappa shape index (κ2) is 8.53. The highest BCUT2D eigenvalue weighted by atomic mass is 35.5. The zero-order valence-corrected chi connectivity index (χ0v) is 15.8. The van der Waals surface area contributed by atoms with Crippen molar-refractivity contribution >= 4 is 40.5 Å². The number of nitrogens with zero attached hydrogens (tertiary/aromatic N) is 3. The third kappa shape index (κ3) is 5.27. The molecule has 1 N–H and O–H groups in total. The van der Waals surface area contributed by atoms with Crippen molar-refractivity contribution in [2.75, 3.05) is 11.9 Å². The Morgan fingerprint density at radius 1 is 1.21 bits per heavy atom. The maximum atomic E-state index is 12.9. The molecule has 29 heavy (non-hydrogen) atoms. The molecule has 7 nitrogen and oxygen atoms in total. The maximum absolute atomic E-state index is 12.9. The molecular weight excluding hydrogens is 433 g/mol. The fourth-order valence-electron chi connectivity index (χ4n) is 2.10. The first-order valence-corrected chi connectivity index (χ1v) is 9.06. The van der Waals surface area contributed by atoms with Crippen LogP contribution in [0.4, 0.5) is 18.9 Å². The number of ether oxygens (including phenoxy) is 1. The van der Waals surface area contributed by atoms with Gasteiger partial charge in [-0.3, -0.25) is 4.79 Å². The summed E-state index contributed by atoms with van der Waals surface area (Å²) < 4.78 is 43.4. The summed E-state index contributed by atoms with van der Waals surface area (Å²) in [5.41, 5.74) is -1.27. The Labute approximate surface area is 170 Å². The smallest absolute Gasteiger partial charge is 0.417 e. The lowest BCUT2D eigenvalue weighted by molar-refractivity contribution is -0.137. The summed E-state index contributed by atoms with van der Waals surface area (Å²) in [4.78, 5) is 35.9. The van der Waals surface area contributed by atoms with Gasteiger partial charge in [-0.25, -0.2) is 19.7 Å². The molecule has 1 amide bonds. The molecule has 0 fully saturated rings. The maximum Gasteiger partial charge on any atom is 0.417 e. The Morgan fingerprint density at radius 3 is 2.62 bits per heavy atom. The van der Waals surface area contributed by atoms with E-state index in [9.17, 15) is 22.8 Å². The van der Waals surface area contributed by atoms with Crippen LogP contribution in [0.25, 0.3) is 10.8 Å². The SMILES string of the molecule is O=C(COC(=O)c1csc(-c2ncccn2)n1)Nc1ccc(Cl)c(C(F)(F)F)c1. The number of hydrogen-bond acceptors (Lipinski definition) is 7. The van der Waals surface area contributed by atoms with Crippen molar-refractivity contribution in [3.05, 3.63) is 58.3 Å². The fourth-order valence-corrected chi connectivity index (χ4v) is 3.06. The lowest BCUT2D eigenvalue weighted by atomic mass is 10.2. The van der Waals surface area contributed by atoms with Gasteiger partial charge >= 0.3 is 12.1 Å². The van der Waals surface area contributed by atoms with Crippen molar-refractivity contribution in [2.45, 2.75) is 6.18 Å². The zero-order valence-electron chi connectivity index (χ0n) is 14.2. The van der Waals surface area contributed by atoms with Crippen molar-refractivity contribution in [3.8, 4) is 10.8 Å². The quantitative estimate of drug-likeness (QED) is 0.599. The molecule has 150 valence electrons. The van der Waals surface area contributed by atoms with Crippen molar-refractivity contribution in [3.63, 3.8) is 0 Å². The summed E-state index contributed by atoms with van der Waals surface area (Å²) in [5.74, 6) is -1.36. The first kappa shape index (κ1) is 20.7. The first-order chi connectivity index (χ1) is 13.7. The number of benzene rings is 1. The second-order valence-electron chi connectivity index (χ2n) is 5.43. The van der Waals surface area contributed by atoms with Gasteiger partial charge in [-0.2, -0.15) is 13.2 Å². The molecule has 1 aromatic carbocycles. The predicted molar refractivity (Wildman–Crippen MR) is 98.5 cm³/mol. The lowest BCUT2D eigenvalue weighted by Crippen LogP contribution is -2.21. The summed E-state index contributed by atoms with van der Waals surface area (Å²) in [6.45, 7) is -0.711. The van der Waals surface area contributed by atoms with Gasteiger partial charge in [0.25, 0.3) is 5.91 Å². The average molecular weight is 443 g/mol. The summed E-state index contributed by atoms with van der Waals surface area (Å²) >= 11 is 6.63. The third-order valence-corrected chi connectivity index (χ3v) is 4.53. The largest absolute Gasteiger partial charge is 0.451 e. The number of carbonyl (C=O) groups excluding carboxylic acids is 2. The number of hydrogen-bond donors (Lipinski definition) is 1. The van der Waals surface area contributed by atoms with Gasteiger partial charge in [0.05, 0.1) is 10.6 Å². The molecule has 0 saturated heterocycles. The van der Waals surface area contributed by atoms with Gasteiger partial charge in [0.2, 0.25) is 0 Å². The van der Waals surface area contributed by atoms with E-state index in [0.717, 1.165) is 17.4 Å². The van der Waals surface area contributed by atoms with Crippen molar-refractivity contribution in [1.29, 1.82) is 0 Å². The van der Waals surface area contributed by atoms with Crippen LogP contribution in [0, 0.1) is 0 Å². The molecule has 2 aromatic heterocycles. The highest BCUT2D eigenvalue weighted by Crippen LogP contribution is 2.36. The summed E-state index contributed by atoms with van der Waals surface area (Å²) in [7, 11) is 0. The van der Waals surface area contributed by atoms with Crippen LogP contribution in [0.5, 0.6) is 0 Å². The molecule has 2 heterocycles. The van der Waals surface area contributed by atoms with Crippen LogP contribution in [-0.4, -0.2) is 33.4 Å². The van der Waals surface area contributed by atoms with Crippen LogP contribution < -0.4 is 5.32 Å². The average Bonchev–Trinajstić information content (AvgIpc) is 3.18. The number of thiazole rings is 1. The topological polar surface area (TPSA) is 94.1 Å². The molecule has 0 bridgehead atoms. The van der Waals surface area contributed by atoms with Crippen LogP contribution >= 0.6 is 22.9 Å². The van der Waals surface area contributed by atoms with E-state index in [0.29, 0.717) is 16.9 Å². The number of alkyl halides is 3. The molecule has 0 atom stereocenters. The molecule has 0 saturated carbocycles. The molecule has 0 aliphatic rings. The Bertz CT molecular complexity index is 1040. The van der Waals surface area contributed by atoms with Gasteiger partial charge in [-0.1, -0.05) is 11.6 Å². The van der Waals surface area contributed by atoms with E-state index in [-0.39, 0.29) is 11.4 Å². The van der Waals surface area contributed by atoms with Crippen molar-refractivity contribution in [2.24, 2.45) is 0 Å². The molecule has 0 aliphatic heterocycles. The Balaban J connectivity index is 1.59. The van der Waals surface area contributed by atoms with Crippen LogP contribution in [0.3, 0.4) is 0 Å². The first-order valence-electron chi connectivity index (χ1n) is 7.80. The van der Waals surface area contributed by atoms with Gasteiger partial charge in [-0.05, 0) is 24.3 Å². The molecule has 3 aromatic rings. The monoisotopic (exact) mass is 442 g/mol. The fraction of sp³-hybridized carbons (Fsp3) is 0.118. The standard InChI is InChI=1S/C17H10ClF3N4O3S/c18-11-3-2-9(6-10(11)17(19,20)21)24-13(26)7-28-16(27)12-8-29-15(25-12)14-22-4-1-5-23-14/h1-6,8H,7H2,(H,24,26). The van der Waals surface area contributed by atoms with E-state index < -0.39 is 35.2 Å². The van der Waals surface area contributed by atoms with Gasteiger partial charge in [0.15, 0.2) is 23.1 Å². The Morgan fingerprint density at radius 2 is 1.93 bits per heavy atom. The van der Waals surface area contributed by atoms with Crippen LogP contribution in [0.1, 0.15) is 16.1 Å². The highest BCUT2D eigenvalue weighted by Gasteiger charge is 2.33. The number of esters is 1. The number of aromatic nitrogens is 3. The lowest BCUT2D eigenvalue weighted by Gasteiger charge is -2.11. The van der Waals surface area contributed by atoms with Gasteiger partial charge in [0.1, 0.15) is 0 Å². The van der Waals surface area contributed by atoms with E-state index in [2.05, 4.69) is 20.3 Å². The van der Waals surface area contributed by atoms with Gasteiger partial charge in [0, 0.05) is 23.5 Å². The number of rotatable bonds is 5. The molecule has 0 unspecified atom stereocenters. The summed E-state index contributed by atoms with van der Waals surface area (Å²) in [6.07, 6.45) is -1.63. The summed E-state index contributed by atoms with van der Waals surface area (Å²) in [6, 6.07) is 4.52. The molecule has 12 heteroatoms. The minimum absolute atomic E-state index is 0.0453. The third-order valence-electron chi connectivity index (χ3n) is 3.36. The predicted octanol–water partition coefficient (Wildman–Crippen LogP) is 4.07. The molecule has 0 radical (unpaired) electrons. The zero-order chi connectivity index (χ0) is 21.0. The Hall–Kier alpha value is -3.05. The molecular formula is C17H10ClF3N4O3S. The highest BCUT2D eigenvalue weighted by molar-refractivity contribution is 7.13. The van der Waals surface area contributed by atoms with Gasteiger partial charge in [-0.15, -0.1) is 11.3 Å². The van der Waals surface area contributed by atoms with E-state index in [1.54, 1.807) is 6.07 Å². The van der Waals surface area contributed by atoms with Crippen LogP contribution in [0.15, 0.2) is 42.0 Å². The molecule has 0 aliphatic carbocycles. The van der Waals surface area contributed by atoms with E-state index in [1.807, 2.05) is 0 Å². The Kier molecular flexibility index (Phi) is 6.09. The number of anilines is 1. The molecule has 0 spiro atoms. The second-order valence-corrected chi connectivity index (χ2v) is 6.69. The summed E-state index contributed by atoms with van der Waals surface area (Å²) in [5, 5.41) is 3.52. The molecule has 3 rings (SSSR count). The minimum Gasteiger partial charge on any atom is -0.451 e. The number of amides is 1. The van der Waals surface area contributed by atoms with Crippen LogP contribution in [0.2, 0.25) is 5.02 Å². The van der Waals surface area contributed by atoms with E-state index >= 15 is 0 Å². The minimum atomic E-state index is -4.67. The van der Waals surface area contributed by atoms with E-state index in [1.165, 1.54) is 23.8 Å².